The summed E-state index contributed by atoms with van der Waals surface area (Å²) in [6.45, 7) is 0.560. The Morgan fingerprint density at radius 1 is 1.32 bits per heavy atom. The molecule has 4 aromatic rings. The molecule has 4 rings (SSSR count). The molecule has 0 spiro atoms. The van der Waals surface area contributed by atoms with Crippen LogP contribution in [0.1, 0.15) is 17.4 Å². The zero-order chi connectivity index (χ0) is 17.1. The van der Waals surface area contributed by atoms with Crippen LogP contribution in [0.4, 0.5) is 0 Å². The van der Waals surface area contributed by atoms with Crippen molar-refractivity contribution in [1.29, 1.82) is 0 Å². The van der Waals surface area contributed by atoms with E-state index in [1.54, 1.807) is 23.9 Å². The molecule has 1 amide bonds. The molecule has 1 atom stereocenters. The third kappa shape index (κ3) is 3.48. The highest BCUT2D eigenvalue weighted by Crippen LogP contribution is 2.14. The van der Waals surface area contributed by atoms with Crippen molar-refractivity contribution in [3.05, 3.63) is 66.2 Å². The molecule has 0 fully saturated rings. The maximum Gasteiger partial charge on any atom is 0.243 e. The van der Waals surface area contributed by atoms with E-state index in [0.717, 1.165) is 16.3 Å². The molecule has 0 saturated carbocycles. The fraction of sp³-hybridized carbons (Fsp3) is 0.235. The number of aromatic nitrogens is 5. The van der Waals surface area contributed by atoms with Gasteiger partial charge < -0.3 is 14.9 Å². The van der Waals surface area contributed by atoms with Gasteiger partial charge in [0.25, 0.3) is 0 Å². The molecule has 7 nitrogen and oxygen atoms in total. The zero-order valence-corrected chi connectivity index (χ0v) is 14.3. The van der Waals surface area contributed by atoms with Gasteiger partial charge in [-0.25, -0.2) is 9.97 Å². The highest BCUT2D eigenvalue weighted by atomic mass is 32.1. The number of nitrogens with zero attached hydrogens (tertiary/aromatic N) is 4. The number of H-pyrrole nitrogens is 1. The van der Waals surface area contributed by atoms with Crippen molar-refractivity contribution in [2.24, 2.45) is 0 Å². The number of thiazole rings is 1. The highest BCUT2D eigenvalue weighted by molar-refractivity contribution is 7.15. The number of rotatable bonds is 7. The molecular weight excluding hydrogens is 336 g/mol. The topological polar surface area (TPSA) is 80.0 Å². The second kappa shape index (κ2) is 6.94. The van der Waals surface area contributed by atoms with Crippen LogP contribution in [0.3, 0.4) is 0 Å². The standard InChI is InChI=1S/C17H18N6OS/c24-16(19-4-3-13-11-23-7-8-25-17(23)21-13)15(22-5-1-2-6-22)9-14-10-18-12-20-14/h1-2,5-8,10-12,15H,3-4,9H2,(H,18,20)(H,19,24)/t15-/m1/s1. The van der Waals surface area contributed by atoms with Crippen molar-refractivity contribution in [2.45, 2.75) is 18.9 Å². The van der Waals surface area contributed by atoms with Gasteiger partial charge in [0.2, 0.25) is 5.91 Å². The van der Waals surface area contributed by atoms with Gasteiger partial charge in [-0.1, -0.05) is 0 Å². The van der Waals surface area contributed by atoms with Crippen LogP contribution in [0.2, 0.25) is 0 Å². The van der Waals surface area contributed by atoms with Gasteiger partial charge in [0.1, 0.15) is 6.04 Å². The summed E-state index contributed by atoms with van der Waals surface area (Å²) in [6, 6.07) is 3.54. The van der Waals surface area contributed by atoms with Crippen molar-refractivity contribution in [1.82, 2.24) is 29.2 Å². The average molecular weight is 354 g/mol. The van der Waals surface area contributed by atoms with Crippen molar-refractivity contribution in [3.63, 3.8) is 0 Å². The smallest absolute Gasteiger partial charge is 0.243 e. The van der Waals surface area contributed by atoms with Gasteiger partial charge in [-0.15, -0.1) is 11.3 Å². The molecule has 0 radical (unpaired) electrons. The molecule has 128 valence electrons. The van der Waals surface area contributed by atoms with Crippen molar-refractivity contribution >= 4 is 22.2 Å². The maximum absolute atomic E-state index is 12.7. The number of aromatic amines is 1. The first-order valence-corrected chi connectivity index (χ1v) is 8.96. The van der Waals surface area contributed by atoms with Crippen LogP contribution in [0.15, 0.2) is 54.8 Å². The molecule has 2 N–H and O–H groups in total. The summed E-state index contributed by atoms with van der Waals surface area (Å²) in [5, 5.41) is 5.03. The second-order valence-electron chi connectivity index (χ2n) is 5.79. The van der Waals surface area contributed by atoms with Gasteiger partial charge in [-0.05, 0) is 12.1 Å². The van der Waals surface area contributed by atoms with E-state index in [0.29, 0.717) is 19.4 Å². The fourth-order valence-corrected chi connectivity index (χ4v) is 3.54. The number of carbonyl (C=O) groups is 1. The second-order valence-corrected chi connectivity index (χ2v) is 6.67. The summed E-state index contributed by atoms with van der Waals surface area (Å²) in [4.78, 5) is 25.3. The minimum Gasteiger partial charge on any atom is -0.354 e. The Labute approximate surface area is 148 Å². The predicted octanol–water partition coefficient (Wildman–Crippen LogP) is 2.06. The first kappa shape index (κ1) is 15.6. The molecule has 25 heavy (non-hydrogen) atoms. The molecule has 0 aliphatic carbocycles. The van der Waals surface area contributed by atoms with E-state index in [2.05, 4.69) is 20.3 Å². The largest absolute Gasteiger partial charge is 0.354 e. The number of fused-ring (bicyclic) bond motifs is 1. The molecule has 0 unspecified atom stereocenters. The van der Waals surface area contributed by atoms with Crippen LogP contribution in [0.5, 0.6) is 0 Å². The average Bonchev–Trinajstić information content (AvgIpc) is 3.35. The molecule has 8 heteroatoms. The Morgan fingerprint density at radius 2 is 2.20 bits per heavy atom. The first-order chi connectivity index (χ1) is 12.3. The van der Waals surface area contributed by atoms with Crippen molar-refractivity contribution in [2.75, 3.05) is 6.54 Å². The van der Waals surface area contributed by atoms with Gasteiger partial charge in [0.15, 0.2) is 4.96 Å². The summed E-state index contributed by atoms with van der Waals surface area (Å²) >= 11 is 1.60. The minimum atomic E-state index is -0.305. The lowest BCUT2D eigenvalue weighted by Gasteiger charge is -2.18. The van der Waals surface area contributed by atoms with Gasteiger partial charge in [0, 0.05) is 61.4 Å². The van der Waals surface area contributed by atoms with E-state index in [-0.39, 0.29) is 11.9 Å². The molecule has 0 bridgehead atoms. The lowest BCUT2D eigenvalue weighted by atomic mass is 10.1. The van der Waals surface area contributed by atoms with Crippen LogP contribution in [-0.4, -0.2) is 36.4 Å². The van der Waals surface area contributed by atoms with Crippen LogP contribution < -0.4 is 5.32 Å². The van der Waals surface area contributed by atoms with Crippen molar-refractivity contribution < 1.29 is 4.79 Å². The fourth-order valence-electron chi connectivity index (χ4n) is 2.82. The van der Waals surface area contributed by atoms with Crippen molar-refractivity contribution in [3.8, 4) is 0 Å². The zero-order valence-electron chi connectivity index (χ0n) is 13.5. The Bertz CT molecular complexity index is 909. The predicted molar refractivity (Wildman–Crippen MR) is 95.5 cm³/mol. The van der Waals surface area contributed by atoms with Crippen LogP contribution in [0, 0.1) is 0 Å². The molecule has 0 aliphatic rings. The summed E-state index contributed by atoms with van der Waals surface area (Å²) in [5.74, 6) is -0.00757. The van der Waals surface area contributed by atoms with Crippen LogP contribution in [0.25, 0.3) is 4.96 Å². The van der Waals surface area contributed by atoms with Gasteiger partial charge in [-0.3, -0.25) is 9.20 Å². The molecular formula is C17H18N6OS. The van der Waals surface area contributed by atoms with Gasteiger partial charge >= 0.3 is 0 Å². The number of hydrogen-bond donors (Lipinski definition) is 2. The van der Waals surface area contributed by atoms with E-state index in [9.17, 15) is 4.79 Å². The number of nitrogens with one attached hydrogen (secondary N) is 2. The molecule has 4 heterocycles. The summed E-state index contributed by atoms with van der Waals surface area (Å²) < 4.78 is 3.92. The number of carbonyl (C=O) groups excluding carboxylic acids is 1. The Kier molecular flexibility index (Phi) is 4.34. The van der Waals surface area contributed by atoms with Crippen LogP contribution >= 0.6 is 11.3 Å². The first-order valence-electron chi connectivity index (χ1n) is 8.08. The lowest BCUT2D eigenvalue weighted by Crippen LogP contribution is -2.34. The number of hydrogen-bond acceptors (Lipinski definition) is 4. The summed E-state index contributed by atoms with van der Waals surface area (Å²) in [7, 11) is 0. The molecule has 0 aliphatic heterocycles. The van der Waals surface area contributed by atoms with E-state index in [1.165, 1.54) is 0 Å². The normalized spacial score (nSPS) is 12.5. The Hall–Kier alpha value is -2.87. The summed E-state index contributed by atoms with van der Waals surface area (Å²) in [5.41, 5.74) is 1.92. The van der Waals surface area contributed by atoms with Crippen LogP contribution in [-0.2, 0) is 17.6 Å². The number of amides is 1. The quantitative estimate of drug-likeness (QED) is 0.533. The van der Waals surface area contributed by atoms with E-state index >= 15 is 0 Å². The third-order valence-corrected chi connectivity index (χ3v) is 4.85. The Morgan fingerprint density at radius 3 is 2.96 bits per heavy atom. The number of imidazole rings is 2. The molecule has 0 saturated heterocycles. The minimum absolute atomic E-state index is 0.00757. The third-order valence-electron chi connectivity index (χ3n) is 4.08. The van der Waals surface area contributed by atoms with E-state index in [1.807, 2.05) is 51.3 Å². The maximum atomic E-state index is 12.7. The SMILES string of the molecule is O=C(NCCc1cn2ccsc2n1)[C@@H](Cc1cnc[nH]1)n1cccc1. The van der Waals surface area contributed by atoms with E-state index < -0.39 is 0 Å². The lowest BCUT2D eigenvalue weighted by molar-refractivity contribution is -0.124. The Balaban J connectivity index is 1.39. The summed E-state index contributed by atoms with van der Waals surface area (Å²) in [6.07, 6.45) is 12.5. The molecule has 4 aromatic heterocycles. The molecule has 0 aromatic carbocycles. The van der Waals surface area contributed by atoms with E-state index in [4.69, 9.17) is 0 Å². The van der Waals surface area contributed by atoms with Gasteiger partial charge in [0.05, 0.1) is 12.0 Å². The van der Waals surface area contributed by atoms with Gasteiger partial charge in [-0.2, -0.15) is 0 Å². The monoisotopic (exact) mass is 354 g/mol. The highest BCUT2D eigenvalue weighted by Gasteiger charge is 2.20.